The van der Waals surface area contributed by atoms with E-state index in [0.717, 1.165) is 33.7 Å². The molecule has 0 unspecified atom stereocenters. The van der Waals surface area contributed by atoms with Crippen LogP contribution < -0.4 is 10.2 Å². The zero-order valence-corrected chi connectivity index (χ0v) is 18.6. The van der Waals surface area contributed by atoms with Crippen LogP contribution in [0.15, 0.2) is 88.3 Å². The van der Waals surface area contributed by atoms with E-state index in [1.165, 1.54) is 16.7 Å². The predicted octanol–water partition coefficient (Wildman–Crippen LogP) is 5.86. The smallest absolute Gasteiger partial charge is 0.283 e. The number of thioether (sulfide) groups is 1. The standard InChI is InChI=1S/C26H24N2O2S/c1-4-19-10-12-21(13-11-19)28-25(29)23(27-20-7-5-6-18(3)16-20)24(26(28)30)31-22-14-8-17(2)9-15-22/h5-16,27H,4H2,1-3H3. The van der Waals surface area contributed by atoms with Crippen LogP contribution in [0.3, 0.4) is 0 Å². The van der Waals surface area contributed by atoms with Crippen LogP contribution in [0.5, 0.6) is 0 Å². The quantitative estimate of drug-likeness (QED) is 0.500. The molecule has 0 saturated carbocycles. The van der Waals surface area contributed by atoms with Crippen LogP contribution in [-0.2, 0) is 16.0 Å². The van der Waals surface area contributed by atoms with Crippen molar-refractivity contribution in [3.05, 3.63) is 100 Å². The van der Waals surface area contributed by atoms with E-state index in [0.29, 0.717) is 16.3 Å². The maximum absolute atomic E-state index is 13.4. The second-order valence-corrected chi connectivity index (χ2v) is 8.66. The van der Waals surface area contributed by atoms with Gasteiger partial charge < -0.3 is 5.32 Å². The van der Waals surface area contributed by atoms with Gasteiger partial charge in [0, 0.05) is 10.6 Å². The third-order valence-corrected chi connectivity index (χ3v) is 6.26. The number of hydrogen-bond acceptors (Lipinski definition) is 4. The molecule has 1 aliphatic heterocycles. The Hall–Kier alpha value is -3.31. The molecule has 2 amide bonds. The second-order valence-electron chi connectivity index (χ2n) is 7.58. The average Bonchev–Trinajstić information content (AvgIpc) is 2.99. The third kappa shape index (κ3) is 4.42. The van der Waals surface area contributed by atoms with Crippen LogP contribution in [0, 0.1) is 13.8 Å². The van der Waals surface area contributed by atoms with Gasteiger partial charge in [-0.2, -0.15) is 0 Å². The van der Waals surface area contributed by atoms with Gasteiger partial charge >= 0.3 is 0 Å². The van der Waals surface area contributed by atoms with Crippen molar-refractivity contribution in [2.75, 3.05) is 10.2 Å². The molecule has 0 aromatic heterocycles. The highest BCUT2D eigenvalue weighted by Gasteiger charge is 2.40. The number of nitrogens with one attached hydrogen (secondary N) is 1. The molecule has 0 atom stereocenters. The Morgan fingerprint density at radius 1 is 0.839 bits per heavy atom. The summed E-state index contributed by atoms with van der Waals surface area (Å²) in [5.41, 5.74) is 5.03. The van der Waals surface area contributed by atoms with Crippen molar-refractivity contribution in [1.29, 1.82) is 0 Å². The lowest BCUT2D eigenvalue weighted by atomic mass is 10.1. The minimum Gasteiger partial charge on any atom is -0.350 e. The Balaban J connectivity index is 1.73. The highest BCUT2D eigenvalue weighted by atomic mass is 32.2. The van der Waals surface area contributed by atoms with Crippen molar-refractivity contribution < 1.29 is 9.59 Å². The van der Waals surface area contributed by atoms with Crippen molar-refractivity contribution >= 4 is 35.0 Å². The number of aryl methyl sites for hydroxylation is 3. The average molecular weight is 429 g/mol. The van der Waals surface area contributed by atoms with Gasteiger partial charge in [0.25, 0.3) is 11.8 Å². The van der Waals surface area contributed by atoms with E-state index in [1.54, 1.807) is 0 Å². The van der Waals surface area contributed by atoms with Gasteiger partial charge in [0.1, 0.15) is 10.6 Å². The summed E-state index contributed by atoms with van der Waals surface area (Å²) in [6.07, 6.45) is 0.898. The summed E-state index contributed by atoms with van der Waals surface area (Å²) >= 11 is 1.31. The first kappa shape index (κ1) is 20.9. The van der Waals surface area contributed by atoms with Crippen LogP contribution >= 0.6 is 11.8 Å². The van der Waals surface area contributed by atoms with Crippen molar-refractivity contribution in [2.45, 2.75) is 32.1 Å². The molecular weight excluding hydrogens is 404 g/mol. The lowest BCUT2D eigenvalue weighted by molar-refractivity contribution is -0.120. The van der Waals surface area contributed by atoms with Gasteiger partial charge in [0.05, 0.1) is 5.69 Å². The van der Waals surface area contributed by atoms with E-state index in [-0.39, 0.29) is 11.8 Å². The van der Waals surface area contributed by atoms with Crippen LogP contribution in [-0.4, -0.2) is 11.8 Å². The summed E-state index contributed by atoms with van der Waals surface area (Å²) in [6, 6.07) is 23.3. The van der Waals surface area contributed by atoms with E-state index in [9.17, 15) is 9.59 Å². The Bertz CT molecular complexity index is 1160. The zero-order chi connectivity index (χ0) is 22.0. The molecule has 3 aromatic rings. The fourth-order valence-electron chi connectivity index (χ4n) is 3.42. The minimum atomic E-state index is -0.342. The van der Waals surface area contributed by atoms with E-state index in [1.807, 2.05) is 86.6 Å². The minimum absolute atomic E-state index is 0.306. The Morgan fingerprint density at radius 3 is 2.19 bits per heavy atom. The fraction of sp³-hybridized carbons (Fsp3) is 0.154. The maximum atomic E-state index is 13.4. The van der Waals surface area contributed by atoms with E-state index in [2.05, 4.69) is 12.2 Å². The monoisotopic (exact) mass is 428 g/mol. The van der Waals surface area contributed by atoms with Gasteiger partial charge in [-0.25, -0.2) is 4.90 Å². The summed E-state index contributed by atoms with van der Waals surface area (Å²) in [6.45, 7) is 6.08. The molecular formula is C26H24N2O2S. The van der Waals surface area contributed by atoms with Gasteiger partial charge in [0.2, 0.25) is 0 Å². The molecule has 5 heteroatoms. The number of rotatable bonds is 6. The van der Waals surface area contributed by atoms with Gasteiger partial charge in [-0.3, -0.25) is 9.59 Å². The van der Waals surface area contributed by atoms with Crippen molar-refractivity contribution in [2.24, 2.45) is 0 Å². The molecule has 0 bridgehead atoms. The van der Waals surface area contributed by atoms with Crippen LogP contribution in [0.1, 0.15) is 23.6 Å². The molecule has 1 N–H and O–H groups in total. The van der Waals surface area contributed by atoms with Gasteiger partial charge in [-0.05, 0) is 67.8 Å². The maximum Gasteiger partial charge on any atom is 0.283 e. The van der Waals surface area contributed by atoms with E-state index < -0.39 is 0 Å². The molecule has 4 nitrogen and oxygen atoms in total. The molecule has 0 spiro atoms. The molecule has 0 radical (unpaired) electrons. The van der Waals surface area contributed by atoms with Gasteiger partial charge in [-0.15, -0.1) is 0 Å². The molecule has 0 saturated heterocycles. The van der Waals surface area contributed by atoms with Gasteiger partial charge in [-0.1, -0.05) is 60.6 Å². The fourth-order valence-corrected chi connectivity index (χ4v) is 4.35. The molecule has 31 heavy (non-hydrogen) atoms. The number of benzene rings is 3. The molecule has 3 aromatic carbocycles. The SMILES string of the molecule is CCc1ccc(N2C(=O)C(Nc3cccc(C)c3)=C(Sc3ccc(C)cc3)C2=O)cc1. The summed E-state index contributed by atoms with van der Waals surface area (Å²) in [7, 11) is 0. The van der Waals surface area contributed by atoms with Gasteiger partial charge in [0.15, 0.2) is 0 Å². The normalized spacial score (nSPS) is 13.8. The first-order valence-corrected chi connectivity index (χ1v) is 11.1. The Morgan fingerprint density at radius 2 is 1.55 bits per heavy atom. The number of imide groups is 1. The molecule has 1 aliphatic rings. The van der Waals surface area contributed by atoms with Crippen LogP contribution in [0.2, 0.25) is 0 Å². The Labute approximate surface area is 187 Å². The Kier molecular flexibility index (Phi) is 5.96. The summed E-state index contributed by atoms with van der Waals surface area (Å²) in [5, 5.41) is 3.21. The molecule has 156 valence electrons. The van der Waals surface area contributed by atoms with E-state index in [4.69, 9.17) is 0 Å². The van der Waals surface area contributed by atoms with E-state index >= 15 is 0 Å². The zero-order valence-electron chi connectivity index (χ0n) is 17.8. The summed E-state index contributed by atoms with van der Waals surface area (Å²) < 4.78 is 0. The highest BCUT2D eigenvalue weighted by Crippen LogP contribution is 2.38. The lowest BCUT2D eigenvalue weighted by Crippen LogP contribution is -2.32. The molecule has 1 heterocycles. The molecule has 0 fully saturated rings. The third-order valence-electron chi connectivity index (χ3n) is 5.17. The molecule has 0 aliphatic carbocycles. The number of carbonyl (C=O) groups is 2. The number of anilines is 2. The highest BCUT2D eigenvalue weighted by molar-refractivity contribution is 8.04. The summed E-state index contributed by atoms with van der Waals surface area (Å²) in [4.78, 5) is 29.3. The predicted molar refractivity (Wildman–Crippen MR) is 127 cm³/mol. The van der Waals surface area contributed by atoms with Crippen LogP contribution in [0.25, 0.3) is 0 Å². The van der Waals surface area contributed by atoms with Crippen molar-refractivity contribution in [3.63, 3.8) is 0 Å². The topological polar surface area (TPSA) is 49.4 Å². The number of nitrogens with zero attached hydrogens (tertiary/aromatic N) is 1. The number of carbonyl (C=O) groups excluding carboxylic acids is 2. The van der Waals surface area contributed by atoms with Crippen molar-refractivity contribution in [3.8, 4) is 0 Å². The molecule has 4 rings (SSSR count). The first-order chi connectivity index (χ1) is 15.0. The van der Waals surface area contributed by atoms with Crippen LogP contribution in [0.4, 0.5) is 11.4 Å². The lowest BCUT2D eigenvalue weighted by Gasteiger charge is -2.16. The summed E-state index contributed by atoms with van der Waals surface area (Å²) in [5.74, 6) is -0.652. The first-order valence-electron chi connectivity index (χ1n) is 10.3. The second kappa shape index (κ2) is 8.82. The van der Waals surface area contributed by atoms with Crippen molar-refractivity contribution in [1.82, 2.24) is 0 Å². The number of hydrogen-bond donors (Lipinski definition) is 1. The number of amides is 2. The largest absolute Gasteiger partial charge is 0.350 e.